The number of hydrogen-bond donors (Lipinski definition) is 5. The van der Waals surface area contributed by atoms with Gasteiger partial charge in [0.2, 0.25) is 0 Å². The van der Waals surface area contributed by atoms with Crippen molar-refractivity contribution in [3.8, 4) is 0 Å². The fourth-order valence-corrected chi connectivity index (χ4v) is 2.62. The van der Waals surface area contributed by atoms with Crippen molar-refractivity contribution in [3.63, 3.8) is 0 Å². The molecule has 10 nitrogen and oxygen atoms in total. The second kappa shape index (κ2) is 6.10. The maximum absolute atomic E-state index is 10.8. The van der Waals surface area contributed by atoms with Gasteiger partial charge in [0.1, 0.15) is 5.84 Å². The number of rotatable bonds is 7. The zero-order chi connectivity index (χ0) is 13.8. The summed E-state index contributed by atoms with van der Waals surface area (Å²) in [6, 6.07) is -0.790. The van der Waals surface area contributed by atoms with E-state index in [1.807, 2.05) is 4.72 Å². The zero-order valence-electron chi connectivity index (χ0n) is 9.03. The number of hydrogen-bond acceptors (Lipinski definition) is 8. The van der Waals surface area contributed by atoms with Crippen LogP contribution in [0.3, 0.4) is 0 Å². The topological polar surface area (TPSA) is 181 Å². The highest BCUT2D eigenvalue weighted by molar-refractivity contribution is 7.99. The summed E-state index contributed by atoms with van der Waals surface area (Å²) in [6.45, 7) is -0.440. The van der Waals surface area contributed by atoms with Crippen LogP contribution in [0, 0.1) is 5.41 Å². The molecule has 0 radical (unpaired) electrons. The number of nitrogen functional groups attached to an aromatic ring is 1. The third kappa shape index (κ3) is 4.58. The van der Waals surface area contributed by atoms with E-state index < -0.39 is 22.9 Å². The lowest BCUT2D eigenvalue weighted by Gasteiger charge is -2.12. The Morgan fingerprint density at radius 3 is 2.78 bits per heavy atom. The minimum atomic E-state index is -3.90. The number of amidine groups is 1. The molecule has 1 atom stereocenters. The molecule has 0 saturated heterocycles. The molecule has 0 aromatic carbocycles. The van der Waals surface area contributed by atoms with E-state index in [-0.39, 0.29) is 22.3 Å². The minimum absolute atomic E-state index is 0.0623. The molecule has 7 N–H and O–H groups in total. The summed E-state index contributed by atoms with van der Waals surface area (Å²) < 4.78 is 28.0. The third-order valence-electron chi connectivity index (χ3n) is 1.69. The lowest BCUT2D eigenvalue weighted by Crippen LogP contribution is -2.42. The summed E-state index contributed by atoms with van der Waals surface area (Å²) in [5.74, 6) is -0.194. The lowest BCUT2D eigenvalue weighted by atomic mass is 10.4. The van der Waals surface area contributed by atoms with E-state index >= 15 is 0 Å². The number of aromatic nitrogens is 2. The minimum Gasteiger partial charge on any atom is -0.395 e. The predicted molar refractivity (Wildman–Crippen MR) is 63.2 cm³/mol. The summed E-state index contributed by atoms with van der Waals surface area (Å²) in [7, 11) is -3.90. The molecule has 0 fully saturated rings. The molecular formula is C6H12N6O4S2. The Morgan fingerprint density at radius 1 is 1.61 bits per heavy atom. The molecule has 1 aromatic heterocycles. The first-order valence-corrected chi connectivity index (χ1v) is 7.07. The Bertz CT molecular complexity index is 514. The van der Waals surface area contributed by atoms with Crippen molar-refractivity contribution in [2.24, 2.45) is 10.9 Å². The quantitative estimate of drug-likeness (QED) is 0.209. The Hall–Kier alpha value is -1.21. The van der Waals surface area contributed by atoms with Gasteiger partial charge in [-0.3, -0.25) is 5.41 Å². The number of nitrogens with zero attached hydrogens (tertiary/aromatic N) is 2. The molecule has 0 bridgehead atoms. The monoisotopic (exact) mass is 296 g/mol. The summed E-state index contributed by atoms with van der Waals surface area (Å²) in [5.41, 5.74) is 5.29. The molecule has 1 rings (SSSR count). The molecule has 1 aromatic rings. The van der Waals surface area contributed by atoms with E-state index in [0.29, 0.717) is 0 Å². The fourth-order valence-electron chi connectivity index (χ4n) is 0.976. The Labute approximate surface area is 107 Å². The highest BCUT2D eigenvalue weighted by atomic mass is 32.2. The Kier molecular flexibility index (Phi) is 5.03. The second-order valence-electron chi connectivity index (χ2n) is 3.19. The summed E-state index contributed by atoms with van der Waals surface area (Å²) in [6.07, 6.45) is 0. The molecule has 12 heteroatoms. The first kappa shape index (κ1) is 14.8. The van der Waals surface area contributed by atoms with Crippen LogP contribution in [0.15, 0.2) is 9.65 Å². The zero-order valence-corrected chi connectivity index (χ0v) is 10.7. The molecular weight excluding hydrogens is 284 g/mol. The van der Waals surface area contributed by atoms with Crippen molar-refractivity contribution in [2.45, 2.75) is 11.1 Å². The summed E-state index contributed by atoms with van der Waals surface area (Å²) in [5, 5.41) is 28.1. The van der Waals surface area contributed by atoms with E-state index in [1.54, 1.807) is 0 Å². The fraction of sp³-hybridized carbons (Fsp3) is 0.500. The largest absolute Gasteiger partial charge is 0.395 e. The van der Waals surface area contributed by atoms with E-state index in [4.69, 9.17) is 21.4 Å². The maximum Gasteiger partial charge on any atom is 0.274 e. The second-order valence-corrected chi connectivity index (χ2v) is 5.52. The van der Waals surface area contributed by atoms with Crippen molar-refractivity contribution in [3.05, 3.63) is 5.69 Å². The average molecular weight is 296 g/mol. The first-order chi connectivity index (χ1) is 8.33. The highest BCUT2D eigenvalue weighted by Gasteiger charge is 2.18. The molecule has 1 heterocycles. The number of thioether (sulfide) groups is 1. The molecule has 0 spiro atoms. The van der Waals surface area contributed by atoms with Crippen LogP contribution < -0.4 is 15.6 Å². The lowest BCUT2D eigenvalue weighted by molar-refractivity contribution is 0.267. The summed E-state index contributed by atoms with van der Waals surface area (Å²) in [4.78, 5) is 0. The van der Waals surface area contributed by atoms with Crippen LogP contribution >= 0.6 is 11.8 Å². The van der Waals surface area contributed by atoms with Gasteiger partial charge in [-0.05, 0) is 10.3 Å². The Balaban J connectivity index is 2.63. The normalized spacial score (nSPS) is 13.4. The molecule has 18 heavy (non-hydrogen) atoms. The van der Waals surface area contributed by atoms with Crippen molar-refractivity contribution in [1.82, 2.24) is 15.0 Å². The van der Waals surface area contributed by atoms with Gasteiger partial charge in [0.05, 0.1) is 12.6 Å². The van der Waals surface area contributed by atoms with Gasteiger partial charge in [-0.25, -0.2) is 9.77 Å². The van der Waals surface area contributed by atoms with Crippen LogP contribution in [0.25, 0.3) is 0 Å². The van der Waals surface area contributed by atoms with Crippen molar-refractivity contribution in [2.75, 3.05) is 12.4 Å². The molecule has 0 unspecified atom stereocenters. The van der Waals surface area contributed by atoms with E-state index in [9.17, 15) is 8.42 Å². The number of aliphatic hydroxyl groups is 1. The van der Waals surface area contributed by atoms with Crippen LogP contribution in [-0.4, -0.2) is 48.1 Å². The van der Waals surface area contributed by atoms with Gasteiger partial charge >= 0.3 is 0 Å². The molecule has 0 amide bonds. The molecule has 0 aliphatic heterocycles. The smallest absolute Gasteiger partial charge is 0.274 e. The van der Waals surface area contributed by atoms with Gasteiger partial charge in [-0.15, -0.1) is 0 Å². The van der Waals surface area contributed by atoms with Crippen LogP contribution in [0.1, 0.15) is 5.69 Å². The maximum atomic E-state index is 10.8. The van der Waals surface area contributed by atoms with Crippen molar-refractivity contribution < 1.29 is 18.2 Å². The van der Waals surface area contributed by atoms with Gasteiger partial charge in [0, 0.05) is 5.75 Å². The predicted octanol–water partition coefficient (Wildman–Crippen LogP) is -2.40. The standard InChI is InChI=1S/C6H12N6O4S2/c7-5(8)4-6(11-16-10-4)17-2-3(1-13)12-18(9,14)15/h3,12-13H,1-2H2,(H3,7,8)(H2,9,14,15)/t3-/m1/s1. The van der Waals surface area contributed by atoms with Crippen molar-refractivity contribution >= 4 is 27.8 Å². The van der Waals surface area contributed by atoms with Crippen LogP contribution in [0.5, 0.6) is 0 Å². The number of aliphatic hydroxyl groups excluding tert-OH is 1. The van der Waals surface area contributed by atoms with Crippen LogP contribution in [0.2, 0.25) is 0 Å². The average Bonchev–Trinajstić information content (AvgIpc) is 2.70. The molecule has 0 aliphatic rings. The molecule has 0 saturated carbocycles. The van der Waals surface area contributed by atoms with Crippen LogP contribution in [0.4, 0.5) is 0 Å². The number of nitrogens with one attached hydrogen (secondary N) is 2. The molecule has 102 valence electrons. The summed E-state index contributed by atoms with van der Waals surface area (Å²) >= 11 is 1.02. The van der Waals surface area contributed by atoms with Gasteiger partial charge in [-0.2, -0.15) is 13.1 Å². The van der Waals surface area contributed by atoms with Gasteiger partial charge in [-0.1, -0.05) is 11.8 Å². The van der Waals surface area contributed by atoms with Gasteiger partial charge in [0.25, 0.3) is 10.2 Å². The third-order valence-corrected chi connectivity index (χ3v) is 3.46. The van der Waals surface area contributed by atoms with Crippen molar-refractivity contribution in [1.29, 1.82) is 5.41 Å². The Morgan fingerprint density at radius 2 is 2.28 bits per heavy atom. The van der Waals surface area contributed by atoms with E-state index in [2.05, 4.69) is 14.9 Å². The van der Waals surface area contributed by atoms with Crippen LogP contribution in [-0.2, 0) is 10.2 Å². The highest BCUT2D eigenvalue weighted by Crippen LogP contribution is 2.19. The van der Waals surface area contributed by atoms with E-state index in [0.717, 1.165) is 11.8 Å². The SMILES string of the molecule is N=C(N)c1nonc1SC[C@@H](CO)NS(N)(=O)=O. The number of nitrogens with two attached hydrogens (primary N) is 2. The van der Waals surface area contributed by atoms with Gasteiger partial charge in [0.15, 0.2) is 10.7 Å². The van der Waals surface area contributed by atoms with Gasteiger partial charge < -0.3 is 10.8 Å². The first-order valence-electron chi connectivity index (χ1n) is 4.54. The molecule has 0 aliphatic carbocycles. The van der Waals surface area contributed by atoms with E-state index in [1.165, 1.54) is 0 Å².